The van der Waals surface area contributed by atoms with E-state index in [0.717, 1.165) is 24.4 Å². The maximum Gasteiger partial charge on any atom is 0.241 e. The molecule has 1 aromatic carbocycles. The average molecular weight is 342 g/mol. The lowest BCUT2D eigenvalue weighted by Crippen LogP contribution is -2.38. The Kier molecular flexibility index (Phi) is 5.71. The summed E-state index contributed by atoms with van der Waals surface area (Å²) < 4.78 is 7.02. The van der Waals surface area contributed by atoms with E-state index in [4.69, 9.17) is 4.74 Å². The fraction of sp³-hybridized carbons (Fsp3) is 0.474. The first-order valence-electron chi connectivity index (χ1n) is 8.79. The number of rotatable bonds is 7. The summed E-state index contributed by atoms with van der Waals surface area (Å²) in [6.45, 7) is 4.94. The normalized spacial score (nSPS) is 15.9. The molecule has 2 aromatic rings. The van der Waals surface area contributed by atoms with Crippen LogP contribution in [0.2, 0.25) is 0 Å². The molecule has 1 amide bonds. The van der Waals surface area contributed by atoms with Gasteiger partial charge in [0.15, 0.2) is 0 Å². The first-order valence-corrected chi connectivity index (χ1v) is 8.79. The summed E-state index contributed by atoms with van der Waals surface area (Å²) in [5.41, 5.74) is 2.23. The number of carbonyl (C=O) groups excluding carboxylic acids is 1. The van der Waals surface area contributed by atoms with E-state index in [1.807, 2.05) is 25.3 Å². The summed E-state index contributed by atoms with van der Waals surface area (Å²) in [6.07, 6.45) is 6.05. The van der Waals surface area contributed by atoms with Gasteiger partial charge in [0.25, 0.3) is 0 Å². The lowest BCUT2D eigenvalue weighted by molar-refractivity contribution is -0.122. The Bertz CT molecular complexity index is 707. The van der Waals surface area contributed by atoms with Gasteiger partial charge in [-0.2, -0.15) is 5.10 Å². The second-order valence-electron chi connectivity index (χ2n) is 6.55. The van der Waals surface area contributed by atoms with Crippen molar-refractivity contribution in [3.05, 3.63) is 47.8 Å². The van der Waals surface area contributed by atoms with E-state index in [9.17, 15) is 4.79 Å². The Balaban J connectivity index is 1.66. The second-order valence-corrected chi connectivity index (χ2v) is 6.55. The molecule has 3 rings (SSSR count). The number of nitrogens with one attached hydrogen (secondary N) is 1. The van der Waals surface area contributed by atoms with Crippen molar-refractivity contribution in [1.29, 1.82) is 0 Å². The van der Waals surface area contributed by atoms with Gasteiger partial charge in [-0.3, -0.25) is 14.4 Å². The number of hydrogen-bond donors (Lipinski definition) is 1. The highest BCUT2D eigenvalue weighted by molar-refractivity contribution is 5.75. The van der Waals surface area contributed by atoms with E-state index in [1.165, 1.54) is 18.4 Å². The van der Waals surface area contributed by atoms with Crippen LogP contribution in [0.4, 0.5) is 0 Å². The van der Waals surface area contributed by atoms with Crippen LogP contribution in [0.3, 0.4) is 0 Å². The number of methoxy groups -OCH3 is 1. The number of benzene rings is 1. The van der Waals surface area contributed by atoms with Crippen LogP contribution in [-0.4, -0.2) is 47.3 Å². The Morgan fingerprint density at radius 2 is 2.16 bits per heavy atom. The van der Waals surface area contributed by atoms with Gasteiger partial charge < -0.3 is 10.1 Å². The third-order valence-electron chi connectivity index (χ3n) is 4.62. The Morgan fingerprint density at radius 3 is 2.84 bits per heavy atom. The highest BCUT2D eigenvalue weighted by Crippen LogP contribution is 2.27. The Labute approximate surface area is 148 Å². The average Bonchev–Trinajstić information content (AvgIpc) is 3.27. The van der Waals surface area contributed by atoms with Gasteiger partial charge in [0.2, 0.25) is 5.91 Å². The molecule has 1 aromatic heterocycles. The molecule has 1 unspecified atom stereocenters. The number of aryl methyl sites for hydroxylation is 1. The highest BCUT2D eigenvalue weighted by Gasteiger charge is 2.24. The van der Waals surface area contributed by atoms with Crippen LogP contribution in [0.25, 0.3) is 0 Å². The van der Waals surface area contributed by atoms with Gasteiger partial charge in [-0.1, -0.05) is 12.1 Å². The molecular formula is C19H26N4O2. The predicted molar refractivity (Wildman–Crippen MR) is 96.5 cm³/mol. The van der Waals surface area contributed by atoms with Crippen LogP contribution >= 0.6 is 0 Å². The molecule has 6 nitrogen and oxygen atoms in total. The molecule has 1 fully saturated rings. The molecule has 1 atom stereocenters. The highest BCUT2D eigenvalue weighted by atomic mass is 16.5. The van der Waals surface area contributed by atoms with Crippen LogP contribution in [0.1, 0.15) is 30.0 Å². The van der Waals surface area contributed by atoms with E-state index in [2.05, 4.69) is 27.4 Å². The zero-order chi connectivity index (χ0) is 17.6. The number of hydrogen-bond acceptors (Lipinski definition) is 4. The number of aromatic nitrogens is 2. The largest absolute Gasteiger partial charge is 0.497 e. The topological polar surface area (TPSA) is 59.4 Å². The third-order valence-corrected chi connectivity index (χ3v) is 4.62. The van der Waals surface area contributed by atoms with Gasteiger partial charge in [-0.05, 0) is 56.1 Å². The van der Waals surface area contributed by atoms with E-state index in [0.29, 0.717) is 6.54 Å². The number of carbonyl (C=O) groups is 1. The molecule has 0 saturated carbocycles. The molecule has 0 bridgehead atoms. The van der Waals surface area contributed by atoms with Gasteiger partial charge >= 0.3 is 0 Å². The van der Waals surface area contributed by atoms with Crippen molar-refractivity contribution < 1.29 is 9.53 Å². The van der Waals surface area contributed by atoms with Gasteiger partial charge in [-0.25, -0.2) is 0 Å². The van der Waals surface area contributed by atoms with Crippen LogP contribution in [0.15, 0.2) is 36.7 Å². The minimum Gasteiger partial charge on any atom is -0.497 e. The van der Waals surface area contributed by atoms with Crippen molar-refractivity contribution in [1.82, 2.24) is 20.0 Å². The molecule has 1 saturated heterocycles. The lowest BCUT2D eigenvalue weighted by Gasteiger charge is -2.28. The first-order chi connectivity index (χ1) is 12.2. The zero-order valence-electron chi connectivity index (χ0n) is 14.9. The molecule has 6 heteroatoms. The van der Waals surface area contributed by atoms with Crippen LogP contribution in [-0.2, 0) is 11.3 Å². The molecular weight excluding hydrogens is 316 g/mol. The second kappa shape index (κ2) is 8.16. The fourth-order valence-corrected chi connectivity index (χ4v) is 3.33. The van der Waals surface area contributed by atoms with Crippen molar-refractivity contribution in [2.45, 2.75) is 32.4 Å². The molecule has 1 aliphatic rings. The maximum atomic E-state index is 12.3. The molecule has 0 radical (unpaired) electrons. The number of ether oxygens (including phenoxy) is 1. The zero-order valence-corrected chi connectivity index (χ0v) is 14.9. The van der Waals surface area contributed by atoms with Gasteiger partial charge in [0.05, 0.1) is 19.3 Å². The van der Waals surface area contributed by atoms with Crippen LogP contribution in [0, 0.1) is 6.92 Å². The molecule has 0 aliphatic carbocycles. The van der Waals surface area contributed by atoms with E-state index in [1.54, 1.807) is 18.0 Å². The van der Waals surface area contributed by atoms with Gasteiger partial charge in [0, 0.05) is 12.7 Å². The van der Waals surface area contributed by atoms with Gasteiger partial charge in [0.1, 0.15) is 12.3 Å². The summed E-state index contributed by atoms with van der Waals surface area (Å²) in [7, 11) is 1.68. The molecule has 1 aliphatic heterocycles. The molecule has 134 valence electrons. The van der Waals surface area contributed by atoms with E-state index >= 15 is 0 Å². The molecule has 2 heterocycles. The first kappa shape index (κ1) is 17.5. The minimum absolute atomic E-state index is 0.0183. The summed E-state index contributed by atoms with van der Waals surface area (Å²) in [5.74, 6) is 0.829. The summed E-state index contributed by atoms with van der Waals surface area (Å²) >= 11 is 0. The number of nitrogens with zero attached hydrogens (tertiary/aromatic N) is 3. The molecule has 1 N–H and O–H groups in total. The van der Waals surface area contributed by atoms with E-state index < -0.39 is 0 Å². The summed E-state index contributed by atoms with van der Waals surface area (Å²) in [4.78, 5) is 14.7. The smallest absolute Gasteiger partial charge is 0.241 e. The van der Waals surface area contributed by atoms with Gasteiger partial charge in [-0.15, -0.1) is 0 Å². The van der Waals surface area contributed by atoms with Crippen molar-refractivity contribution in [2.75, 3.05) is 26.7 Å². The predicted octanol–water partition coefficient (Wildman–Crippen LogP) is 2.15. The number of amides is 1. The quantitative estimate of drug-likeness (QED) is 0.838. The Morgan fingerprint density at radius 1 is 1.36 bits per heavy atom. The minimum atomic E-state index is -0.0183. The third kappa shape index (κ3) is 4.60. The SMILES string of the molecule is COc1cccc(C(CNC(=O)Cn2cc(C)cn2)N2CCCC2)c1. The van der Waals surface area contributed by atoms with E-state index in [-0.39, 0.29) is 18.5 Å². The number of likely N-dealkylation sites (tertiary alicyclic amines) is 1. The molecule has 25 heavy (non-hydrogen) atoms. The monoisotopic (exact) mass is 342 g/mol. The van der Waals surface area contributed by atoms with Crippen molar-refractivity contribution in [2.24, 2.45) is 0 Å². The standard InChI is InChI=1S/C19H26N4O2/c1-15-11-21-23(13-15)14-19(24)20-12-18(22-8-3-4-9-22)16-6-5-7-17(10-16)25-2/h5-7,10-11,13,18H,3-4,8-9,12,14H2,1-2H3,(H,20,24). The lowest BCUT2D eigenvalue weighted by atomic mass is 10.0. The van der Waals surface area contributed by atoms with Crippen LogP contribution < -0.4 is 10.1 Å². The van der Waals surface area contributed by atoms with Crippen LogP contribution in [0.5, 0.6) is 5.75 Å². The summed E-state index contributed by atoms with van der Waals surface area (Å²) in [6, 6.07) is 8.29. The Hall–Kier alpha value is -2.34. The van der Waals surface area contributed by atoms with Crippen molar-refractivity contribution in [3.63, 3.8) is 0 Å². The van der Waals surface area contributed by atoms with Crippen molar-refractivity contribution >= 4 is 5.91 Å². The fourth-order valence-electron chi connectivity index (χ4n) is 3.33. The summed E-state index contributed by atoms with van der Waals surface area (Å²) in [5, 5.41) is 7.24. The van der Waals surface area contributed by atoms with Crippen molar-refractivity contribution in [3.8, 4) is 5.75 Å². The molecule has 0 spiro atoms. The maximum absolute atomic E-state index is 12.3.